The minimum atomic E-state index is 0.0300. The number of carbonyl (C=O) groups excluding carboxylic acids is 1. The fraction of sp³-hybridized carbons (Fsp3) is 0.667. The Morgan fingerprint density at radius 1 is 1.38 bits per heavy atom. The third-order valence-electron chi connectivity index (χ3n) is 2.77. The van der Waals surface area contributed by atoms with Gasteiger partial charge < -0.3 is 14.3 Å². The number of hydrogen-bond acceptors (Lipinski definition) is 4. The van der Waals surface area contributed by atoms with E-state index in [9.17, 15) is 4.79 Å². The van der Waals surface area contributed by atoms with Crippen LogP contribution < -0.4 is 5.32 Å². The molecule has 0 aromatic heterocycles. The minimum Gasteiger partial charge on any atom is -0.496 e. The van der Waals surface area contributed by atoms with Crippen molar-refractivity contribution < 1.29 is 14.3 Å². The maximum Gasteiger partial charge on any atom is 0.152 e. The monoisotopic (exact) mass is 183 g/mol. The number of ether oxygens (including phenoxy) is 2. The lowest BCUT2D eigenvalue weighted by Gasteiger charge is -2.19. The van der Waals surface area contributed by atoms with Gasteiger partial charge in [0, 0.05) is 5.92 Å². The van der Waals surface area contributed by atoms with E-state index in [-0.39, 0.29) is 18.0 Å². The van der Waals surface area contributed by atoms with Gasteiger partial charge in [0.15, 0.2) is 11.5 Å². The van der Waals surface area contributed by atoms with Crippen molar-refractivity contribution in [2.45, 2.75) is 18.5 Å². The van der Waals surface area contributed by atoms with Gasteiger partial charge in [0.2, 0.25) is 0 Å². The fourth-order valence-corrected chi connectivity index (χ4v) is 2.20. The van der Waals surface area contributed by atoms with E-state index in [4.69, 9.17) is 9.47 Å². The van der Waals surface area contributed by atoms with Crippen LogP contribution in [0.2, 0.25) is 0 Å². The molecular weight excluding hydrogens is 170 g/mol. The second-order valence-corrected chi connectivity index (χ2v) is 3.37. The standard InChI is InChI=1S/C9H13NO3/c1-12-8-6-3-5(4-11)7(10-6)9(8)13-2/h4-7,10H,3H2,1-2H3/t5-,6+,7-/m1/s1. The summed E-state index contributed by atoms with van der Waals surface area (Å²) in [5, 5.41) is 3.28. The van der Waals surface area contributed by atoms with Crippen molar-refractivity contribution in [2.75, 3.05) is 14.2 Å². The predicted molar refractivity (Wildman–Crippen MR) is 45.9 cm³/mol. The quantitative estimate of drug-likeness (QED) is 0.628. The van der Waals surface area contributed by atoms with Crippen LogP contribution in [0, 0.1) is 5.92 Å². The largest absolute Gasteiger partial charge is 0.496 e. The van der Waals surface area contributed by atoms with Gasteiger partial charge in [0.1, 0.15) is 6.29 Å². The molecule has 3 atom stereocenters. The minimum absolute atomic E-state index is 0.0300. The third-order valence-corrected chi connectivity index (χ3v) is 2.77. The smallest absolute Gasteiger partial charge is 0.152 e. The number of nitrogens with one attached hydrogen (secondary N) is 1. The zero-order valence-corrected chi connectivity index (χ0v) is 7.74. The van der Waals surface area contributed by atoms with Crippen molar-refractivity contribution in [3.63, 3.8) is 0 Å². The molecule has 0 aliphatic carbocycles. The lowest BCUT2D eigenvalue weighted by molar-refractivity contribution is -0.111. The lowest BCUT2D eigenvalue weighted by Crippen LogP contribution is -2.27. The first-order valence-corrected chi connectivity index (χ1v) is 4.35. The van der Waals surface area contributed by atoms with Crippen LogP contribution in [-0.4, -0.2) is 32.6 Å². The number of carbonyl (C=O) groups is 1. The van der Waals surface area contributed by atoms with Crippen molar-refractivity contribution >= 4 is 6.29 Å². The van der Waals surface area contributed by atoms with Crippen LogP contribution in [0.1, 0.15) is 6.42 Å². The Kier molecular flexibility index (Phi) is 2.00. The summed E-state index contributed by atoms with van der Waals surface area (Å²) in [6.45, 7) is 0. The Hall–Kier alpha value is -1.03. The molecule has 1 fully saturated rings. The highest BCUT2D eigenvalue weighted by atomic mass is 16.5. The molecule has 0 amide bonds. The van der Waals surface area contributed by atoms with Crippen molar-refractivity contribution in [1.82, 2.24) is 5.32 Å². The average molecular weight is 183 g/mol. The molecule has 0 radical (unpaired) electrons. The number of aldehydes is 1. The van der Waals surface area contributed by atoms with Gasteiger partial charge in [-0.25, -0.2) is 0 Å². The Balaban J connectivity index is 2.28. The molecule has 2 rings (SSSR count). The fourth-order valence-electron chi connectivity index (χ4n) is 2.20. The highest BCUT2D eigenvalue weighted by Crippen LogP contribution is 2.37. The van der Waals surface area contributed by atoms with Gasteiger partial charge in [-0.3, -0.25) is 5.32 Å². The second kappa shape index (κ2) is 3.03. The normalized spacial score (nSPS) is 36.6. The van der Waals surface area contributed by atoms with E-state index >= 15 is 0 Å². The van der Waals surface area contributed by atoms with Crippen LogP contribution >= 0.6 is 0 Å². The van der Waals surface area contributed by atoms with Crippen LogP contribution in [0.5, 0.6) is 0 Å². The highest BCUT2D eigenvalue weighted by Gasteiger charge is 2.47. The maximum absolute atomic E-state index is 10.7. The number of methoxy groups -OCH3 is 2. The molecule has 2 bridgehead atoms. The molecule has 2 aliphatic rings. The second-order valence-electron chi connectivity index (χ2n) is 3.37. The molecule has 2 heterocycles. The zero-order valence-electron chi connectivity index (χ0n) is 7.74. The van der Waals surface area contributed by atoms with Gasteiger partial charge >= 0.3 is 0 Å². The van der Waals surface area contributed by atoms with Crippen molar-refractivity contribution in [1.29, 1.82) is 0 Å². The Morgan fingerprint density at radius 2 is 2.08 bits per heavy atom. The molecule has 4 heteroatoms. The first-order valence-electron chi connectivity index (χ1n) is 4.35. The third kappa shape index (κ3) is 1.05. The van der Waals surface area contributed by atoms with E-state index in [0.29, 0.717) is 0 Å². The number of rotatable bonds is 3. The summed E-state index contributed by atoms with van der Waals surface area (Å²) >= 11 is 0. The molecule has 2 aliphatic heterocycles. The summed E-state index contributed by atoms with van der Waals surface area (Å²) in [4.78, 5) is 10.7. The van der Waals surface area contributed by atoms with Crippen molar-refractivity contribution in [3.8, 4) is 0 Å². The molecule has 1 N–H and O–H groups in total. The van der Waals surface area contributed by atoms with Gasteiger partial charge in [-0.1, -0.05) is 0 Å². The molecule has 13 heavy (non-hydrogen) atoms. The molecule has 1 saturated heterocycles. The van der Waals surface area contributed by atoms with Crippen LogP contribution in [-0.2, 0) is 14.3 Å². The first-order chi connectivity index (χ1) is 6.31. The van der Waals surface area contributed by atoms with Crippen LogP contribution in [0.25, 0.3) is 0 Å². The first kappa shape index (κ1) is 8.56. The summed E-state index contributed by atoms with van der Waals surface area (Å²) in [6.07, 6.45) is 1.81. The van der Waals surface area contributed by atoms with Gasteiger partial charge in [0.05, 0.1) is 26.3 Å². The Bertz CT molecular complexity index is 262. The summed E-state index contributed by atoms with van der Waals surface area (Å²) in [7, 11) is 3.24. The maximum atomic E-state index is 10.7. The summed E-state index contributed by atoms with van der Waals surface area (Å²) in [5.41, 5.74) is 0. The number of hydrogen-bond donors (Lipinski definition) is 1. The highest BCUT2D eigenvalue weighted by molar-refractivity contribution is 5.59. The van der Waals surface area contributed by atoms with Gasteiger partial charge in [0.25, 0.3) is 0 Å². The lowest BCUT2D eigenvalue weighted by atomic mass is 9.93. The topological polar surface area (TPSA) is 47.6 Å². The molecule has 0 unspecified atom stereocenters. The summed E-state index contributed by atoms with van der Waals surface area (Å²) in [5.74, 6) is 1.68. The molecule has 4 nitrogen and oxygen atoms in total. The Morgan fingerprint density at radius 3 is 2.62 bits per heavy atom. The van der Waals surface area contributed by atoms with E-state index in [1.165, 1.54) is 0 Å². The molecule has 0 spiro atoms. The van der Waals surface area contributed by atoms with Crippen LogP contribution in [0.3, 0.4) is 0 Å². The molecule has 72 valence electrons. The molecule has 0 aromatic rings. The van der Waals surface area contributed by atoms with E-state index in [1.54, 1.807) is 14.2 Å². The van der Waals surface area contributed by atoms with Gasteiger partial charge in [-0.2, -0.15) is 0 Å². The van der Waals surface area contributed by atoms with Gasteiger partial charge in [-0.05, 0) is 6.42 Å². The van der Waals surface area contributed by atoms with E-state index in [1.807, 2.05) is 0 Å². The van der Waals surface area contributed by atoms with Crippen LogP contribution in [0.15, 0.2) is 11.5 Å². The van der Waals surface area contributed by atoms with E-state index < -0.39 is 0 Å². The van der Waals surface area contributed by atoms with Gasteiger partial charge in [-0.15, -0.1) is 0 Å². The van der Waals surface area contributed by atoms with Crippen LogP contribution in [0.4, 0.5) is 0 Å². The molecule has 0 aromatic carbocycles. The molecular formula is C9H13NO3. The summed E-state index contributed by atoms with van der Waals surface area (Å²) < 4.78 is 10.4. The van der Waals surface area contributed by atoms with Crippen molar-refractivity contribution in [3.05, 3.63) is 11.5 Å². The van der Waals surface area contributed by atoms with E-state index in [2.05, 4.69) is 5.32 Å². The summed E-state index contributed by atoms with van der Waals surface area (Å²) in [6, 6.07) is 0.197. The van der Waals surface area contributed by atoms with Crippen molar-refractivity contribution in [2.24, 2.45) is 5.92 Å². The average Bonchev–Trinajstić information content (AvgIpc) is 2.72. The Labute approximate surface area is 76.9 Å². The zero-order chi connectivity index (χ0) is 9.42. The number of fused-ring (bicyclic) bond motifs is 2. The predicted octanol–water partition coefficient (Wildman–Crippen LogP) is 0.0500. The van der Waals surface area contributed by atoms with E-state index in [0.717, 1.165) is 24.2 Å². The SMILES string of the molecule is COC1=C(OC)[C@@H]2N[C@H]1C[C@@H]2C=O. The molecule has 0 saturated carbocycles.